The molecule has 36 heavy (non-hydrogen) atoms. The third-order valence-corrected chi connectivity index (χ3v) is 7.62. The van der Waals surface area contributed by atoms with Gasteiger partial charge in [0.2, 0.25) is 0 Å². The highest BCUT2D eigenvalue weighted by atomic mass is 35.5. The van der Waals surface area contributed by atoms with Crippen molar-refractivity contribution in [1.82, 2.24) is 9.88 Å². The first-order chi connectivity index (χ1) is 17.2. The monoisotopic (exact) mass is 529 g/mol. The Morgan fingerprint density at radius 1 is 1.19 bits per heavy atom. The molecule has 2 aromatic carbocycles. The van der Waals surface area contributed by atoms with E-state index in [2.05, 4.69) is 20.7 Å². The lowest BCUT2D eigenvalue weighted by Crippen LogP contribution is -2.46. The normalized spacial score (nSPS) is 14.4. The number of fused-ring (bicyclic) bond motifs is 1. The zero-order valence-corrected chi connectivity index (χ0v) is 21.0. The van der Waals surface area contributed by atoms with Crippen LogP contribution in [0, 0.1) is 11.3 Å². The molecule has 0 amide bonds. The number of aromatic nitrogens is 1. The van der Waals surface area contributed by atoms with E-state index < -0.39 is 16.0 Å². The summed E-state index contributed by atoms with van der Waals surface area (Å²) in [6, 6.07) is 12.3. The molecule has 0 saturated carbocycles. The number of hydrogen-bond acceptors (Lipinski definition) is 8. The number of carboxylic acid groups (broad SMARTS) is 1. The molecule has 0 spiro atoms. The Hall–Kier alpha value is -3.59. The van der Waals surface area contributed by atoms with Crippen LogP contribution in [0.4, 0.5) is 11.5 Å². The minimum absolute atomic E-state index is 0.0236. The number of sulfonamides is 1. The molecule has 1 aliphatic heterocycles. The highest BCUT2D eigenvalue weighted by Crippen LogP contribution is 2.30. The molecule has 0 aliphatic carbocycles. The first kappa shape index (κ1) is 25.5. The summed E-state index contributed by atoms with van der Waals surface area (Å²) in [5.74, 6) is -0.253. The minimum Gasteiger partial charge on any atom is -0.495 e. The van der Waals surface area contributed by atoms with E-state index in [9.17, 15) is 18.3 Å². The lowest BCUT2D eigenvalue weighted by atomic mass is 10.1. The van der Waals surface area contributed by atoms with Crippen molar-refractivity contribution in [3.63, 3.8) is 0 Å². The van der Waals surface area contributed by atoms with Gasteiger partial charge < -0.3 is 14.7 Å². The van der Waals surface area contributed by atoms with E-state index in [1.165, 1.54) is 43.5 Å². The van der Waals surface area contributed by atoms with E-state index >= 15 is 0 Å². The molecule has 0 atom stereocenters. The number of benzene rings is 2. The van der Waals surface area contributed by atoms with Crippen molar-refractivity contribution in [3.05, 3.63) is 53.1 Å². The molecular weight excluding hydrogens is 506 g/mol. The topological polar surface area (TPSA) is 136 Å². The fourth-order valence-electron chi connectivity index (χ4n) is 4.05. The third kappa shape index (κ3) is 5.46. The molecule has 3 aromatic rings. The summed E-state index contributed by atoms with van der Waals surface area (Å²) < 4.78 is 33.3. The van der Waals surface area contributed by atoms with Gasteiger partial charge in [0.25, 0.3) is 10.0 Å². The van der Waals surface area contributed by atoms with Gasteiger partial charge in [0, 0.05) is 50.2 Å². The van der Waals surface area contributed by atoms with Gasteiger partial charge >= 0.3 is 5.97 Å². The number of carboxylic acids is 1. The zero-order valence-electron chi connectivity index (χ0n) is 19.4. The second-order valence-electron chi connectivity index (χ2n) is 8.20. The van der Waals surface area contributed by atoms with Gasteiger partial charge in [-0.1, -0.05) is 11.6 Å². The fourth-order valence-corrected chi connectivity index (χ4v) is 5.45. The molecule has 188 valence electrons. The van der Waals surface area contributed by atoms with Crippen LogP contribution in [0.15, 0.2) is 47.4 Å². The van der Waals surface area contributed by atoms with E-state index in [-0.39, 0.29) is 21.2 Å². The number of hydrogen-bond donors (Lipinski definition) is 2. The molecule has 0 unspecified atom stereocenters. The molecular formula is C24H24ClN5O5S. The number of nitrogens with one attached hydrogen (secondary N) is 1. The maximum atomic E-state index is 12.9. The summed E-state index contributed by atoms with van der Waals surface area (Å²) in [5.41, 5.74) is 0.653. The van der Waals surface area contributed by atoms with Crippen LogP contribution < -0.4 is 14.4 Å². The molecule has 0 bridgehead atoms. The van der Waals surface area contributed by atoms with E-state index in [0.29, 0.717) is 48.5 Å². The Morgan fingerprint density at radius 2 is 1.94 bits per heavy atom. The van der Waals surface area contributed by atoms with Crippen molar-refractivity contribution >= 4 is 50.0 Å². The van der Waals surface area contributed by atoms with Crippen LogP contribution in [0.3, 0.4) is 0 Å². The van der Waals surface area contributed by atoms with Gasteiger partial charge in [-0.25, -0.2) is 18.2 Å². The van der Waals surface area contributed by atoms with Crippen LogP contribution in [-0.4, -0.2) is 69.2 Å². The number of nitriles is 1. The second-order valence-corrected chi connectivity index (χ2v) is 10.3. The first-order valence-corrected chi connectivity index (χ1v) is 13.0. The number of pyridine rings is 1. The summed E-state index contributed by atoms with van der Waals surface area (Å²) in [5, 5.41) is 19.1. The van der Waals surface area contributed by atoms with Crippen LogP contribution in [-0.2, 0) is 10.0 Å². The predicted molar refractivity (Wildman–Crippen MR) is 136 cm³/mol. The van der Waals surface area contributed by atoms with Crippen molar-refractivity contribution in [2.75, 3.05) is 49.5 Å². The van der Waals surface area contributed by atoms with Crippen LogP contribution in [0.1, 0.15) is 16.8 Å². The van der Waals surface area contributed by atoms with Gasteiger partial charge in [-0.15, -0.1) is 0 Å². The van der Waals surface area contributed by atoms with Gasteiger partial charge in [0.1, 0.15) is 11.6 Å². The second kappa shape index (κ2) is 10.6. The minimum atomic E-state index is -3.99. The fraction of sp³-hybridized carbons (Fsp3) is 0.292. The Kier molecular flexibility index (Phi) is 7.49. The Morgan fingerprint density at radius 3 is 2.58 bits per heavy atom. The summed E-state index contributed by atoms with van der Waals surface area (Å²) in [6.07, 6.45) is 0.467. The SMILES string of the molecule is COc1ccc(S(=O)(=O)Nc2ccc3nc(N4CCN(CCC#N)CC4)cc(C(=O)O)c3c2)cc1Cl. The number of carbonyl (C=O) groups is 1. The predicted octanol–water partition coefficient (Wildman–Crippen LogP) is 3.43. The number of piperazine rings is 1. The summed E-state index contributed by atoms with van der Waals surface area (Å²) >= 11 is 6.07. The number of nitrogens with zero attached hydrogens (tertiary/aromatic N) is 4. The van der Waals surface area contributed by atoms with Gasteiger partial charge in [0.15, 0.2) is 0 Å². The molecule has 1 fully saturated rings. The number of anilines is 2. The van der Waals surface area contributed by atoms with E-state index in [1.54, 1.807) is 6.07 Å². The molecule has 2 heterocycles. The average Bonchev–Trinajstić information content (AvgIpc) is 2.86. The smallest absolute Gasteiger partial charge is 0.336 e. The number of rotatable bonds is 8. The summed E-state index contributed by atoms with van der Waals surface area (Å²) in [7, 11) is -2.56. The molecule has 2 N–H and O–H groups in total. The highest BCUT2D eigenvalue weighted by Gasteiger charge is 2.22. The maximum absolute atomic E-state index is 12.9. The van der Waals surface area contributed by atoms with Crippen molar-refractivity contribution in [1.29, 1.82) is 5.26 Å². The van der Waals surface area contributed by atoms with Crippen molar-refractivity contribution in [2.45, 2.75) is 11.3 Å². The number of methoxy groups -OCH3 is 1. The standard InChI is InChI=1S/C24H24ClN5O5S/c1-35-22-6-4-17(14-20(22)25)36(33,34)28-16-3-5-21-18(13-16)19(24(31)32)15-23(27-21)30-11-9-29(10-12-30)8-2-7-26/h3-6,13-15,28H,2,8-12H2,1H3,(H,31,32). The molecule has 4 rings (SSSR count). The summed E-state index contributed by atoms with van der Waals surface area (Å²) in [4.78, 5) is 20.9. The van der Waals surface area contributed by atoms with Crippen LogP contribution in [0.2, 0.25) is 5.02 Å². The average molecular weight is 530 g/mol. The Bertz CT molecular complexity index is 1450. The lowest BCUT2D eigenvalue weighted by molar-refractivity contribution is 0.0699. The van der Waals surface area contributed by atoms with Crippen LogP contribution >= 0.6 is 11.6 Å². The molecule has 1 aromatic heterocycles. The molecule has 10 nitrogen and oxygen atoms in total. The molecule has 1 aliphatic rings. The molecule has 1 saturated heterocycles. The van der Waals surface area contributed by atoms with Crippen molar-refractivity contribution in [3.8, 4) is 11.8 Å². The van der Waals surface area contributed by atoms with Crippen molar-refractivity contribution < 1.29 is 23.1 Å². The number of ether oxygens (including phenoxy) is 1. The van der Waals surface area contributed by atoms with Gasteiger partial charge in [0.05, 0.1) is 34.2 Å². The van der Waals surface area contributed by atoms with Crippen LogP contribution in [0.5, 0.6) is 5.75 Å². The van der Waals surface area contributed by atoms with Crippen LogP contribution in [0.25, 0.3) is 10.9 Å². The van der Waals surface area contributed by atoms with Crippen molar-refractivity contribution in [2.24, 2.45) is 0 Å². The summed E-state index contributed by atoms with van der Waals surface area (Å²) in [6.45, 7) is 3.52. The quantitative estimate of drug-likeness (QED) is 0.449. The van der Waals surface area contributed by atoms with Gasteiger partial charge in [-0.3, -0.25) is 9.62 Å². The largest absolute Gasteiger partial charge is 0.495 e. The first-order valence-electron chi connectivity index (χ1n) is 11.1. The third-order valence-electron chi connectivity index (χ3n) is 5.95. The number of aromatic carboxylic acids is 1. The lowest BCUT2D eigenvalue weighted by Gasteiger charge is -2.35. The molecule has 0 radical (unpaired) electrons. The van der Waals surface area contributed by atoms with Gasteiger partial charge in [-0.05, 0) is 42.5 Å². The van der Waals surface area contributed by atoms with E-state index in [0.717, 1.165) is 13.1 Å². The van der Waals surface area contributed by atoms with Gasteiger partial charge in [-0.2, -0.15) is 5.26 Å². The Balaban J connectivity index is 1.61. The van der Waals surface area contributed by atoms with E-state index in [4.69, 9.17) is 21.6 Å². The number of halogens is 1. The zero-order chi connectivity index (χ0) is 25.9. The maximum Gasteiger partial charge on any atom is 0.336 e. The Labute approximate surface area is 213 Å². The molecule has 12 heteroatoms. The highest BCUT2D eigenvalue weighted by molar-refractivity contribution is 7.92. The van der Waals surface area contributed by atoms with E-state index in [1.807, 2.05) is 4.90 Å².